The monoisotopic (exact) mass is 838 g/mol. The van der Waals surface area contributed by atoms with Crippen molar-refractivity contribution >= 4 is 19.1 Å². The molecule has 2 aliphatic carbocycles. The number of allylic oxidation sites excluding steroid dienone is 8. The molecule has 0 spiro atoms. The van der Waals surface area contributed by atoms with E-state index in [4.69, 9.17) is 0 Å². The Hall–Kier alpha value is -4.13. The van der Waals surface area contributed by atoms with Crippen molar-refractivity contribution < 1.29 is 34.2 Å². The molecule has 0 bridgehead atoms. The van der Waals surface area contributed by atoms with E-state index in [9.17, 15) is 0 Å². The van der Waals surface area contributed by atoms with E-state index >= 15 is 17.6 Å². The van der Waals surface area contributed by atoms with Gasteiger partial charge in [0.05, 0.1) is 0 Å². The molecule has 0 heterocycles. The Morgan fingerprint density at radius 2 is 0.881 bits per heavy atom. The van der Waals surface area contributed by atoms with Gasteiger partial charge in [0.1, 0.15) is 0 Å². The molecule has 7 heteroatoms. The second-order valence-corrected chi connectivity index (χ2v) is 22.9. The molecule has 0 amide bonds. The summed E-state index contributed by atoms with van der Waals surface area (Å²) in [6.45, 7) is 10.7. The van der Waals surface area contributed by atoms with E-state index < -0.39 is 48.3 Å². The van der Waals surface area contributed by atoms with Gasteiger partial charge in [-0.3, -0.25) is 0 Å². The van der Waals surface area contributed by atoms with Gasteiger partial charge in [-0.2, -0.15) is 0 Å². The SMILES string of the molecule is CCCCC(CC)CN(Cc1ccccc1)c1ccc(F)[c]([Ti]([c]2c(F)ccc(N(Cc3ccccc3)CC(CC)CCCC)c2F)([CH]2C=CC=C2)[CH]2C=CC=C2)c1F. The van der Waals surface area contributed by atoms with Crippen LogP contribution in [0.3, 0.4) is 0 Å². The quantitative estimate of drug-likeness (QED) is 0.0575. The van der Waals surface area contributed by atoms with Crippen LogP contribution in [0.25, 0.3) is 0 Å². The molecule has 0 radical (unpaired) electrons. The number of halogens is 4. The number of nitrogens with zero attached hydrogens (tertiary/aromatic N) is 2. The summed E-state index contributed by atoms with van der Waals surface area (Å²) >= 11 is -5.07. The molecule has 0 saturated heterocycles. The molecule has 0 saturated carbocycles. The molecule has 6 rings (SSSR count). The van der Waals surface area contributed by atoms with Gasteiger partial charge < -0.3 is 0 Å². The number of hydrogen-bond donors (Lipinski definition) is 0. The van der Waals surface area contributed by atoms with Crippen molar-refractivity contribution in [1.82, 2.24) is 0 Å². The molecule has 2 atom stereocenters. The van der Waals surface area contributed by atoms with Gasteiger partial charge >= 0.3 is 357 Å². The number of benzene rings is 4. The number of anilines is 2. The first-order valence-electron chi connectivity index (χ1n) is 22.0. The molecule has 0 aliphatic heterocycles. The zero-order valence-corrected chi connectivity index (χ0v) is 37.0. The van der Waals surface area contributed by atoms with E-state index in [0.717, 1.165) is 62.5 Å². The van der Waals surface area contributed by atoms with Gasteiger partial charge in [-0.15, -0.1) is 0 Å². The normalized spacial score (nSPS) is 15.1. The molecule has 4 aromatic carbocycles. The maximum absolute atomic E-state index is 18.3. The van der Waals surface area contributed by atoms with Crippen LogP contribution in [-0.2, 0) is 29.7 Å². The van der Waals surface area contributed by atoms with E-state index in [2.05, 4.69) is 27.7 Å². The molecule has 2 nitrogen and oxygen atoms in total. The first-order chi connectivity index (χ1) is 28.8. The Morgan fingerprint density at radius 1 is 0.508 bits per heavy atom. The van der Waals surface area contributed by atoms with Gasteiger partial charge in [0, 0.05) is 0 Å². The van der Waals surface area contributed by atoms with Gasteiger partial charge in [-0.25, -0.2) is 0 Å². The van der Waals surface area contributed by atoms with E-state index in [1.54, 1.807) is 12.1 Å². The Labute approximate surface area is 354 Å². The number of unbranched alkanes of at least 4 members (excludes halogenated alkanes) is 2. The number of rotatable bonds is 22. The summed E-state index contributed by atoms with van der Waals surface area (Å²) in [5, 5.41) is 0. The summed E-state index contributed by atoms with van der Waals surface area (Å²) in [5.74, 6) is -2.34. The number of hydrogen-bond acceptors (Lipinski definition) is 2. The van der Waals surface area contributed by atoms with Crippen molar-refractivity contribution in [2.75, 3.05) is 22.9 Å². The molecule has 2 aliphatic rings. The topological polar surface area (TPSA) is 6.48 Å². The summed E-state index contributed by atoms with van der Waals surface area (Å²) in [6, 6.07) is 25.7. The Balaban J connectivity index is 1.60. The molecule has 0 fully saturated rings. The average Bonchev–Trinajstić information content (AvgIpc) is 4.00. The molecule has 0 N–H and O–H groups in total. The van der Waals surface area contributed by atoms with Gasteiger partial charge in [0.2, 0.25) is 0 Å². The van der Waals surface area contributed by atoms with Crippen molar-refractivity contribution in [3.63, 3.8) is 0 Å². The van der Waals surface area contributed by atoms with Crippen LogP contribution in [0.4, 0.5) is 28.9 Å². The third-order valence-corrected chi connectivity index (χ3v) is 21.2. The van der Waals surface area contributed by atoms with Crippen molar-refractivity contribution in [3.8, 4) is 0 Å². The molecular weight excluding hydrogens is 776 g/mol. The Kier molecular flexibility index (Phi) is 16.1. The van der Waals surface area contributed by atoms with E-state index in [1.807, 2.05) is 119 Å². The molecule has 0 aromatic heterocycles. The summed E-state index contributed by atoms with van der Waals surface area (Å²) in [4.78, 5) is 4.08. The van der Waals surface area contributed by atoms with E-state index in [1.165, 1.54) is 12.1 Å². The second-order valence-electron chi connectivity index (χ2n) is 16.5. The van der Waals surface area contributed by atoms with Gasteiger partial charge in [0.15, 0.2) is 0 Å². The third kappa shape index (κ3) is 10.1. The molecule has 312 valence electrons. The zero-order valence-electron chi connectivity index (χ0n) is 35.4. The van der Waals surface area contributed by atoms with E-state index in [0.29, 0.717) is 26.2 Å². The van der Waals surface area contributed by atoms with Crippen LogP contribution in [-0.4, -0.2) is 13.1 Å². The first kappa shape index (κ1) is 44.4. The van der Waals surface area contributed by atoms with Crippen LogP contribution in [0.15, 0.2) is 134 Å². The van der Waals surface area contributed by atoms with Crippen LogP contribution in [0.1, 0.15) is 90.2 Å². The van der Waals surface area contributed by atoms with Crippen LogP contribution < -0.4 is 17.5 Å². The van der Waals surface area contributed by atoms with Gasteiger partial charge in [0.25, 0.3) is 0 Å². The van der Waals surface area contributed by atoms with Crippen molar-refractivity contribution in [2.24, 2.45) is 11.8 Å². The average molecular weight is 839 g/mol. The first-order valence-corrected chi connectivity index (χ1v) is 25.4. The van der Waals surface area contributed by atoms with Crippen LogP contribution in [0.2, 0.25) is 8.45 Å². The maximum atomic E-state index is 18.3. The predicted molar refractivity (Wildman–Crippen MR) is 238 cm³/mol. The molecule has 2 unspecified atom stereocenters. The zero-order chi connectivity index (χ0) is 41.8. The fourth-order valence-electron chi connectivity index (χ4n) is 9.38. The predicted octanol–water partition coefficient (Wildman–Crippen LogP) is 13.6. The van der Waals surface area contributed by atoms with Crippen molar-refractivity contribution in [1.29, 1.82) is 0 Å². The fraction of sp³-hybridized carbons (Fsp3) is 0.385. The standard InChI is InChI=1S/2C21H26F2N.2C5H5.Ti/c2*1-3-5-9-17(4-2)15-24(16-18-10-7-6-8-11-18)21-13-12-19(22)14-20(21)23;2*1-2-4-5-3-1;/h2*6-8,10-13,17H,3-5,9,15-16H2,1-2H3;2*1-5H;. The van der Waals surface area contributed by atoms with E-state index in [-0.39, 0.29) is 30.9 Å². The second kappa shape index (κ2) is 21.4. The Morgan fingerprint density at radius 3 is 1.22 bits per heavy atom. The van der Waals surface area contributed by atoms with Crippen molar-refractivity contribution in [3.05, 3.63) is 168 Å². The minimum atomic E-state index is -5.07. The van der Waals surface area contributed by atoms with Crippen LogP contribution in [0, 0.1) is 35.1 Å². The molecule has 4 aromatic rings. The summed E-state index contributed by atoms with van der Waals surface area (Å²) in [7, 11) is 0. The Bertz CT molecular complexity index is 1900. The molecular formula is C52H62F4N2Ti. The summed E-state index contributed by atoms with van der Waals surface area (Å²) < 4.78 is 69.8. The molecule has 59 heavy (non-hydrogen) atoms. The van der Waals surface area contributed by atoms with Gasteiger partial charge in [-0.1, -0.05) is 0 Å². The summed E-state index contributed by atoms with van der Waals surface area (Å²) in [5.41, 5.74) is 2.56. The third-order valence-electron chi connectivity index (χ3n) is 12.7. The van der Waals surface area contributed by atoms with Crippen LogP contribution in [0.5, 0.6) is 0 Å². The summed E-state index contributed by atoms with van der Waals surface area (Å²) in [6.07, 6.45) is 23.1. The minimum absolute atomic E-state index is 0.136. The fourth-order valence-corrected chi connectivity index (χ4v) is 18.2. The van der Waals surface area contributed by atoms with Crippen LogP contribution >= 0.6 is 0 Å². The van der Waals surface area contributed by atoms with Crippen molar-refractivity contribution in [2.45, 2.75) is 101 Å². The van der Waals surface area contributed by atoms with Gasteiger partial charge in [-0.05, 0) is 0 Å².